The molecule has 3 fully saturated rings. The second-order valence-corrected chi connectivity index (χ2v) is 21.3. The predicted molar refractivity (Wildman–Crippen MR) is 285 cm³/mol. The van der Waals surface area contributed by atoms with Crippen molar-refractivity contribution in [3.63, 3.8) is 0 Å². The first-order valence-electron chi connectivity index (χ1n) is 25.8. The molecular formula is C57H61N9O6S. The number of piperidine rings is 1. The van der Waals surface area contributed by atoms with Gasteiger partial charge in [-0.15, -0.1) is 0 Å². The number of aryl methyl sites for hydroxylation is 1. The molecule has 16 heteroatoms. The Kier molecular flexibility index (Phi) is 13.4. The standard InChI is InChI=1S/C57H61N9O6S/c1-34(64-28-30-65(31-29-64)38-18-21-43-47(32-38)63(3)62-52(43)44-23-25-51(67)60-55(44)69)14-15-36-16-19-39(20-17-36)72-48-12-7-9-40(35(48)2)41-22-24-50(59-53(41)56(70)71)66-27-26-37-8-6-10-42(45(37)33-66)54(68)61-57-58-46-11-4-5-13-49(46)73-57/h4-13,18,21-22,24,32,34,36,39,44H,14-17,19-20,23,25-31,33H2,1-3H3,(H,70,71)(H,58,61,68)(H,60,67,69)/t34-,36-,39-,44?/m0/s1. The summed E-state index contributed by atoms with van der Waals surface area (Å²) in [5.41, 5.74) is 8.49. The normalized spacial score (nSPS) is 20.0. The highest BCUT2D eigenvalue weighted by Gasteiger charge is 2.33. The first-order chi connectivity index (χ1) is 35.4. The molecule has 15 nitrogen and oxygen atoms in total. The minimum absolute atomic E-state index is 0.0203. The van der Waals surface area contributed by atoms with Gasteiger partial charge in [0.15, 0.2) is 10.8 Å². The van der Waals surface area contributed by atoms with Crippen LogP contribution in [0.5, 0.6) is 5.75 Å². The Labute approximate surface area is 428 Å². The van der Waals surface area contributed by atoms with E-state index in [0.717, 1.165) is 119 Å². The fraction of sp³-hybridized carbons (Fsp3) is 0.386. The maximum Gasteiger partial charge on any atom is 0.355 e. The number of ether oxygens (including phenoxy) is 1. The first kappa shape index (κ1) is 48.1. The van der Waals surface area contributed by atoms with Crippen molar-refractivity contribution >= 4 is 72.8 Å². The predicted octanol–water partition coefficient (Wildman–Crippen LogP) is 9.52. The van der Waals surface area contributed by atoms with Gasteiger partial charge in [0.2, 0.25) is 11.8 Å². The summed E-state index contributed by atoms with van der Waals surface area (Å²) in [6.07, 6.45) is 8.17. The van der Waals surface area contributed by atoms with E-state index >= 15 is 0 Å². The van der Waals surface area contributed by atoms with Gasteiger partial charge in [0, 0.05) is 81.0 Å². The molecule has 376 valence electrons. The number of carboxylic acids is 1. The van der Waals surface area contributed by atoms with Crippen molar-refractivity contribution in [2.75, 3.05) is 47.8 Å². The highest BCUT2D eigenvalue weighted by molar-refractivity contribution is 7.22. The van der Waals surface area contributed by atoms with Crippen LogP contribution in [0.25, 0.3) is 32.2 Å². The van der Waals surface area contributed by atoms with Gasteiger partial charge in [0.1, 0.15) is 11.6 Å². The van der Waals surface area contributed by atoms with E-state index in [1.165, 1.54) is 17.8 Å². The highest BCUT2D eigenvalue weighted by atomic mass is 32.1. The van der Waals surface area contributed by atoms with Crippen LogP contribution in [0.3, 0.4) is 0 Å². The lowest BCUT2D eigenvalue weighted by molar-refractivity contribution is -0.134. The summed E-state index contributed by atoms with van der Waals surface area (Å²) >= 11 is 1.44. The van der Waals surface area contributed by atoms with Crippen LogP contribution in [0.4, 0.5) is 16.6 Å². The summed E-state index contributed by atoms with van der Waals surface area (Å²) in [5, 5.41) is 22.3. The maximum absolute atomic E-state index is 13.7. The number of carbonyl (C=O) groups excluding carboxylic acids is 3. The van der Waals surface area contributed by atoms with E-state index in [1.807, 2.05) is 96.3 Å². The molecule has 3 N–H and O–H groups in total. The number of aromatic nitrogens is 4. The summed E-state index contributed by atoms with van der Waals surface area (Å²) in [5.74, 6) is -0.236. The average Bonchev–Trinajstić information content (AvgIpc) is 3.97. The van der Waals surface area contributed by atoms with Crippen molar-refractivity contribution in [3.8, 4) is 16.9 Å². The average molecular weight is 1000 g/mol. The number of hydrogen-bond acceptors (Lipinski definition) is 12. The second-order valence-electron chi connectivity index (χ2n) is 20.3. The van der Waals surface area contributed by atoms with Crippen molar-refractivity contribution in [2.24, 2.45) is 13.0 Å². The molecule has 6 heterocycles. The molecule has 4 aromatic carbocycles. The van der Waals surface area contributed by atoms with Crippen LogP contribution in [-0.2, 0) is 29.6 Å². The molecule has 3 aromatic heterocycles. The van der Waals surface area contributed by atoms with E-state index in [-0.39, 0.29) is 29.5 Å². The Hall–Kier alpha value is -7.17. The Balaban J connectivity index is 0.672. The van der Waals surface area contributed by atoms with Crippen molar-refractivity contribution < 1.29 is 29.0 Å². The van der Waals surface area contributed by atoms with Crippen molar-refractivity contribution in [1.29, 1.82) is 0 Å². The number of aromatic carboxylic acids is 1. The molecule has 73 heavy (non-hydrogen) atoms. The molecule has 0 bridgehead atoms. The molecule has 1 aliphatic carbocycles. The number of nitrogens with zero attached hydrogens (tertiary/aromatic N) is 7. The monoisotopic (exact) mass is 999 g/mol. The lowest BCUT2D eigenvalue weighted by Gasteiger charge is -2.39. The van der Waals surface area contributed by atoms with Gasteiger partial charge in [-0.25, -0.2) is 14.8 Å². The number of pyridine rings is 1. The van der Waals surface area contributed by atoms with Crippen LogP contribution >= 0.6 is 11.3 Å². The number of carboxylic acid groups (broad SMARTS) is 1. The van der Waals surface area contributed by atoms with Crippen LogP contribution in [-0.4, -0.2) is 98.3 Å². The molecule has 11 rings (SSSR count). The fourth-order valence-electron chi connectivity index (χ4n) is 11.6. The van der Waals surface area contributed by atoms with E-state index in [2.05, 4.69) is 50.5 Å². The number of amides is 3. The summed E-state index contributed by atoms with van der Waals surface area (Å²) in [6.45, 7) is 9.31. The summed E-state index contributed by atoms with van der Waals surface area (Å²) in [7, 11) is 1.92. The SMILES string of the molecule is Cc1c(O[C@H]2CC[C@H](CC[C@H](C)N3CCN(c4ccc5c(C6CCC(=O)NC6=O)nn(C)c5c4)CC3)CC2)cccc1-c1ccc(N2CCc3cccc(C(=O)Nc4nc5ccccc5s4)c3C2)nc1C(=O)O. The van der Waals surface area contributed by atoms with Gasteiger partial charge in [-0.05, 0) is 148 Å². The molecule has 1 saturated carbocycles. The number of hydrogen-bond donors (Lipinski definition) is 3. The number of imide groups is 1. The van der Waals surface area contributed by atoms with Gasteiger partial charge in [-0.1, -0.05) is 47.7 Å². The van der Waals surface area contributed by atoms with E-state index in [9.17, 15) is 24.3 Å². The number of nitrogens with one attached hydrogen (secondary N) is 2. The van der Waals surface area contributed by atoms with E-state index in [4.69, 9.17) is 14.8 Å². The Morgan fingerprint density at radius 1 is 0.863 bits per heavy atom. The lowest BCUT2D eigenvalue weighted by atomic mass is 9.83. The second kappa shape index (κ2) is 20.4. The van der Waals surface area contributed by atoms with Crippen LogP contribution in [0.1, 0.15) is 107 Å². The molecule has 2 atom stereocenters. The lowest BCUT2D eigenvalue weighted by Crippen LogP contribution is -2.49. The number of fused-ring (bicyclic) bond motifs is 3. The van der Waals surface area contributed by atoms with E-state index < -0.39 is 11.9 Å². The van der Waals surface area contributed by atoms with E-state index in [0.29, 0.717) is 66.4 Å². The van der Waals surface area contributed by atoms with E-state index in [1.54, 1.807) is 0 Å². The third-order valence-corrected chi connectivity index (χ3v) is 16.8. The molecule has 4 aliphatic rings. The number of piperazine rings is 1. The van der Waals surface area contributed by atoms with Crippen LogP contribution in [0, 0.1) is 12.8 Å². The number of para-hydroxylation sites is 1. The molecular weight excluding hydrogens is 939 g/mol. The zero-order chi connectivity index (χ0) is 50.3. The van der Waals surface area contributed by atoms with Gasteiger partial charge in [0.05, 0.1) is 33.4 Å². The van der Waals surface area contributed by atoms with Crippen LogP contribution in [0.2, 0.25) is 0 Å². The third-order valence-electron chi connectivity index (χ3n) is 15.8. The minimum Gasteiger partial charge on any atom is -0.490 e. The molecule has 2 saturated heterocycles. The number of anilines is 3. The summed E-state index contributed by atoms with van der Waals surface area (Å²) < 4.78 is 9.57. The van der Waals surface area contributed by atoms with Crippen LogP contribution in [0.15, 0.2) is 91.0 Å². The topological polar surface area (TPSA) is 175 Å². The molecule has 0 radical (unpaired) electrons. The highest BCUT2D eigenvalue weighted by Crippen LogP contribution is 2.38. The van der Waals surface area contributed by atoms with Gasteiger partial charge >= 0.3 is 5.97 Å². The van der Waals surface area contributed by atoms with Crippen molar-refractivity contribution in [1.82, 2.24) is 30.0 Å². The zero-order valence-corrected chi connectivity index (χ0v) is 42.4. The van der Waals surface area contributed by atoms with Gasteiger partial charge in [-0.2, -0.15) is 5.10 Å². The third kappa shape index (κ3) is 9.89. The van der Waals surface area contributed by atoms with Gasteiger partial charge < -0.3 is 19.6 Å². The number of thiazole rings is 1. The number of benzene rings is 4. The summed E-state index contributed by atoms with van der Waals surface area (Å²) in [6, 6.07) is 30.1. The Morgan fingerprint density at radius 3 is 2.47 bits per heavy atom. The molecule has 1 unspecified atom stereocenters. The van der Waals surface area contributed by atoms with Crippen molar-refractivity contribution in [2.45, 2.75) is 96.2 Å². The van der Waals surface area contributed by atoms with Gasteiger partial charge in [-0.3, -0.25) is 34.6 Å². The summed E-state index contributed by atoms with van der Waals surface area (Å²) in [4.78, 5) is 67.4. The zero-order valence-electron chi connectivity index (χ0n) is 41.6. The maximum atomic E-state index is 13.7. The first-order valence-corrected chi connectivity index (χ1v) is 26.6. The number of carbonyl (C=O) groups is 4. The smallest absolute Gasteiger partial charge is 0.355 e. The molecule has 3 amide bonds. The molecule has 3 aliphatic heterocycles. The van der Waals surface area contributed by atoms with Crippen molar-refractivity contribution in [3.05, 3.63) is 125 Å². The molecule has 7 aromatic rings. The molecule has 0 spiro atoms. The quantitative estimate of drug-likeness (QED) is 0.0935. The fourth-order valence-corrected chi connectivity index (χ4v) is 12.5. The van der Waals surface area contributed by atoms with Crippen LogP contribution < -0.4 is 25.2 Å². The Morgan fingerprint density at radius 2 is 1.67 bits per heavy atom. The largest absolute Gasteiger partial charge is 0.490 e. The minimum atomic E-state index is -1.10. The number of rotatable bonds is 13. The Bertz CT molecular complexity index is 3230. The van der Waals surface area contributed by atoms with Gasteiger partial charge in [0.25, 0.3) is 5.91 Å².